The largest absolute Gasteiger partial charge is 0.480 e. The Hall–Kier alpha value is -3.76. The Balaban J connectivity index is 1.27. The number of carboxylic acids is 1. The first-order chi connectivity index (χ1) is 23.3. The molecule has 4 fully saturated rings. The van der Waals surface area contributed by atoms with Crippen molar-refractivity contribution in [3.05, 3.63) is 33.9 Å². The van der Waals surface area contributed by atoms with E-state index < -0.39 is 99.7 Å². The molecular formula is C34H45FN2O13. The van der Waals surface area contributed by atoms with Crippen LogP contribution in [0.4, 0.5) is 4.39 Å². The second kappa shape index (κ2) is 13.4. The molecule has 5 aliphatic rings. The van der Waals surface area contributed by atoms with Crippen LogP contribution in [0.15, 0.2) is 23.8 Å². The number of alkyl halides is 1. The zero-order valence-electron chi connectivity index (χ0n) is 28.6. The molecule has 0 bridgehead atoms. The number of hydrogen-bond donors (Lipinski definition) is 3. The number of Topliss-reactive ketones (excluding diaryl/α,β-unsaturated/α-hetero) is 1. The number of fused-ring (bicyclic) bond motifs is 7. The number of allylic oxidation sites excluding steroid dienone is 4. The van der Waals surface area contributed by atoms with E-state index in [1.165, 1.54) is 12.2 Å². The number of aliphatic hydroxyl groups is 1. The van der Waals surface area contributed by atoms with Gasteiger partial charge < -0.3 is 34.6 Å². The van der Waals surface area contributed by atoms with E-state index in [1.54, 1.807) is 33.8 Å². The highest BCUT2D eigenvalue weighted by atomic mass is 19.1. The third-order valence-electron chi connectivity index (χ3n) is 11.7. The van der Waals surface area contributed by atoms with Crippen LogP contribution >= 0.6 is 0 Å². The van der Waals surface area contributed by atoms with Gasteiger partial charge >= 0.3 is 11.9 Å². The molecule has 1 unspecified atom stereocenters. The van der Waals surface area contributed by atoms with E-state index in [4.69, 9.17) is 14.2 Å². The lowest BCUT2D eigenvalue weighted by atomic mass is 9.44. The van der Waals surface area contributed by atoms with Gasteiger partial charge in [-0.2, -0.15) is 0 Å². The zero-order chi connectivity index (χ0) is 36.9. The van der Waals surface area contributed by atoms with Gasteiger partial charge in [0.15, 0.2) is 29.4 Å². The molecule has 0 aromatic rings. The van der Waals surface area contributed by atoms with Gasteiger partial charge in [-0.15, -0.1) is 10.1 Å². The Labute approximate surface area is 288 Å². The average Bonchev–Trinajstić information content (AvgIpc) is 3.43. The maximum atomic E-state index is 17.6. The molecule has 1 saturated heterocycles. The van der Waals surface area contributed by atoms with Crippen LogP contribution in [-0.2, 0) is 43.0 Å². The number of carboxylic acid groups (broad SMARTS) is 1. The molecule has 5 rings (SSSR count). The molecule has 9 atom stereocenters. The predicted octanol–water partition coefficient (Wildman–Crippen LogP) is 2.70. The number of nitrogens with one attached hydrogen (secondary N) is 1. The molecule has 15 nitrogen and oxygen atoms in total. The summed E-state index contributed by atoms with van der Waals surface area (Å²) in [6.45, 7) is 5.77. The highest BCUT2D eigenvalue weighted by Crippen LogP contribution is 2.72. The Kier molecular flexibility index (Phi) is 10.1. The number of amides is 1. The summed E-state index contributed by atoms with van der Waals surface area (Å²) in [4.78, 5) is 77.8. The molecule has 0 aromatic heterocycles. The van der Waals surface area contributed by atoms with Gasteiger partial charge in [0.05, 0.1) is 25.2 Å². The average molecular weight is 709 g/mol. The Morgan fingerprint density at radius 2 is 1.88 bits per heavy atom. The first-order valence-corrected chi connectivity index (χ1v) is 17.0. The third kappa shape index (κ3) is 6.23. The van der Waals surface area contributed by atoms with E-state index in [2.05, 4.69) is 10.2 Å². The highest BCUT2D eigenvalue weighted by Gasteiger charge is 2.80. The molecule has 16 heteroatoms. The van der Waals surface area contributed by atoms with E-state index >= 15 is 4.39 Å². The lowest BCUT2D eigenvalue weighted by Crippen LogP contribution is -2.70. The monoisotopic (exact) mass is 708 g/mol. The fraction of sp³-hybridized carbons (Fsp3) is 0.735. The Bertz CT molecular complexity index is 1510. The summed E-state index contributed by atoms with van der Waals surface area (Å²) in [6.07, 6.45) is 2.86. The number of carbonyl (C=O) groups excluding carboxylic acids is 4. The minimum atomic E-state index is -2.15. The van der Waals surface area contributed by atoms with Crippen LogP contribution in [0.1, 0.15) is 85.5 Å². The first-order valence-electron chi connectivity index (χ1n) is 17.0. The van der Waals surface area contributed by atoms with E-state index in [1.807, 2.05) is 0 Å². The van der Waals surface area contributed by atoms with Gasteiger partial charge in [-0.05, 0) is 77.4 Å². The Morgan fingerprint density at radius 1 is 1.16 bits per heavy atom. The van der Waals surface area contributed by atoms with Crippen LogP contribution in [0.25, 0.3) is 0 Å². The number of ether oxygens (including phenoxy) is 3. The quantitative estimate of drug-likeness (QED) is 0.102. The number of ketones is 2. The molecule has 0 radical (unpaired) electrons. The summed E-state index contributed by atoms with van der Waals surface area (Å²) >= 11 is 0. The molecule has 0 spiro atoms. The van der Waals surface area contributed by atoms with Crippen LogP contribution in [-0.4, -0.2) is 93.2 Å². The smallest absolute Gasteiger partial charge is 0.326 e. The van der Waals surface area contributed by atoms with Gasteiger partial charge in [-0.25, -0.2) is 9.18 Å². The standard InChI is InChI=1S/C34H45FN2O13/c1-30(2)49-26-15-22-21-10-9-19-14-20(38)11-12-31(19,3)33(21,35)24(39)17-32(22,4)34(26,50-30)25(40)18-47-28(42)16-23(29(43)44)36-27(41)8-6-5-7-13-48-37(45)46/h11-12,14,21-24,26,39H,5-10,13,15-18H2,1-4H3,(H,36,41)(H,43,44)/t21-,22-,23?,24-,26+,31-,32-,33-,34+/m0/s1. The summed E-state index contributed by atoms with van der Waals surface area (Å²) in [6, 6.07) is -1.64. The number of hydrogen-bond acceptors (Lipinski definition) is 12. The molecule has 50 heavy (non-hydrogen) atoms. The van der Waals surface area contributed by atoms with Gasteiger partial charge in [0.1, 0.15) is 6.04 Å². The van der Waals surface area contributed by atoms with Crippen LogP contribution in [0.3, 0.4) is 0 Å². The van der Waals surface area contributed by atoms with Gasteiger partial charge in [0.25, 0.3) is 5.09 Å². The number of nitrogens with zero attached hydrogens (tertiary/aromatic N) is 1. The number of rotatable bonds is 14. The highest BCUT2D eigenvalue weighted by molar-refractivity contribution is 6.01. The van der Waals surface area contributed by atoms with Gasteiger partial charge in [0.2, 0.25) is 11.7 Å². The zero-order valence-corrected chi connectivity index (χ0v) is 28.6. The lowest BCUT2D eigenvalue weighted by molar-refractivity contribution is -0.757. The third-order valence-corrected chi connectivity index (χ3v) is 11.7. The first kappa shape index (κ1) is 37.5. The van der Waals surface area contributed by atoms with Gasteiger partial charge in [-0.1, -0.05) is 25.0 Å². The number of aliphatic carboxylic acids is 1. The SMILES string of the molecule is CC1(C)O[C@@H]2C[C@H]3[C@@H]4CCC5=CC(=O)C=C[C@]5(C)[C@@]4(F)[C@@H](O)C[C@]3(C)[C@]2(C(=O)COC(=O)CC(NC(=O)CCCCCO[N+](=O)[O-])C(=O)O)O1. The van der Waals surface area contributed by atoms with Crippen LogP contribution in [0, 0.1) is 32.8 Å². The van der Waals surface area contributed by atoms with Crippen LogP contribution in [0.2, 0.25) is 0 Å². The number of unbranched alkanes of at least 4 members (excludes halogenated alkanes) is 2. The van der Waals surface area contributed by atoms with Crippen molar-refractivity contribution in [3.63, 3.8) is 0 Å². The molecule has 1 heterocycles. The summed E-state index contributed by atoms with van der Waals surface area (Å²) in [7, 11) is 0. The number of esters is 1. The minimum Gasteiger partial charge on any atom is -0.480 e. The fourth-order valence-corrected chi connectivity index (χ4v) is 9.46. The fourth-order valence-electron chi connectivity index (χ4n) is 9.46. The molecule has 1 amide bonds. The summed E-state index contributed by atoms with van der Waals surface area (Å²) < 4.78 is 35.5. The molecule has 4 aliphatic carbocycles. The molecule has 1 aliphatic heterocycles. The Morgan fingerprint density at radius 3 is 2.56 bits per heavy atom. The topological polar surface area (TPSA) is 218 Å². The van der Waals surface area contributed by atoms with Crippen molar-refractivity contribution in [2.24, 2.45) is 22.7 Å². The van der Waals surface area contributed by atoms with Crippen molar-refractivity contribution in [2.75, 3.05) is 13.2 Å². The normalized spacial score (nSPS) is 36.9. The molecule has 276 valence electrons. The van der Waals surface area contributed by atoms with E-state index in [0.29, 0.717) is 37.7 Å². The van der Waals surface area contributed by atoms with Crippen molar-refractivity contribution in [3.8, 4) is 0 Å². The summed E-state index contributed by atoms with van der Waals surface area (Å²) in [5, 5.41) is 32.9. The van der Waals surface area contributed by atoms with Gasteiger partial charge in [-0.3, -0.25) is 19.2 Å². The number of aliphatic hydroxyl groups excluding tert-OH is 1. The molecule has 3 saturated carbocycles. The predicted molar refractivity (Wildman–Crippen MR) is 168 cm³/mol. The van der Waals surface area contributed by atoms with Crippen molar-refractivity contribution >= 4 is 29.4 Å². The van der Waals surface area contributed by atoms with Crippen molar-refractivity contribution in [1.82, 2.24) is 5.32 Å². The maximum absolute atomic E-state index is 17.6. The van der Waals surface area contributed by atoms with E-state index in [0.717, 1.165) is 0 Å². The second-order valence-electron chi connectivity index (χ2n) is 15.0. The minimum absolute atomic E-state index is 0.0925. The van der Waals surface area contributed by atoms with Crippen LogP contribution in [0.5, 0.6) is 0 Å². The summed E-state index contributed by atoms with van der Waals surface area (Å²) in [5.74, 6) is -6.59. The maximum Gasteiger partial charge on any atom is 0.326 e. The van der Waals surface area contributed by atoms with Gasteiger partial charge in [0, 0.05) is 23.2 Å². The number of halogens is 1. The van der Waals surface area contributed by atoms with Crippen molar-refractivity contribution in [1.29, 1.82) is 0 Å². The van der Waals surface area contributed by atoms with Crippen molar-refractivity contribution in [2.45, 2.75) is 121 Å². The summed E-state index contributed by atoms with van der Waals surface area (Å²) in [5.41, 5.74) is -5.66. The second-order valence-corrected chi connectivity index (χ2v) is 15.0. The number of carbonyl (C=O) groups is 5. The molecule has 0 aromatic carbocycles. The van der Waals surface area contributed by atoms with Crippen molar-refractivity contribution < 1.29 is 62.7 Å². The lowest BCUT2D eigenvalue weighted by Gasteiger charge is -2.62. The van der Waals surface area contributed by atoms with E-state index in [9.17, 15) is 44.3 Å². The van der Waals surface area contributed by atoms with E-state index in [-0.39, 0.29) is 31.7 Å². The molecular weight excluding hydrogens is 663 g/mol. The van der Waals surface area contributed by atoms with Crippen LogP contribution < -0.4 is 5.32 Å². The molecule has 3 N–H and O–H groups in total.